The van der Waals surface area contributed by atoms with Crippen molar-refractivity contribution < 1.29 is 9.53 Å². The van der Waals surface area contributed by atoms with Gasteiger partial charge in [0.1, 0.15) is 5.75 Å². The quantitative estimate of drug-likeness (QED) is 0.778. The van der Waals surface area contributed by atoms with Gasteiger partial charge in [-0.1, -0.05) is 6.07 Å². The number of carbonyl (C=O) groups is 1. The summed E-state index contributed by atoms with van der Waals surface area (Å²) >= 11 is 0. The summed E-state index contributed by atoms with van der Waals surface area (Å²) in [7, 11) is 1.60. The fourth-order valence-corrected chi connectivity index (χ4v) is 2.15. The molecule has 0 atom stereocenters. The van der Waals surface area contributed by atoms with E-state index in [-0.39, 0.29) is 6.03 Å². The Balaban J connectivity index is 1.60. The highest BCUT2D eigenvalue weighted by atomic mass is 16.5. The molecule has 2 amide bonds. The summed E-state index contributed by atoms with van der Waals surface area (Å²) in [4.78, 5) is 11.9. The first kappa shape index (κ1) is 13.9. The van der Waals surface area contributed by atoms with Crippen molar-refractivity contribution in [2.45, 2.75) is 6.54 Å². The molecule has 1 aromatic carbocycles. The molecule has 2 N–H and O–H groups in total. The van der Waals surface area contributed by atoms with Crippen LogP contribution in [0.3, 0.4) is 0 Å². The third kappa shape index (κ3) is 3.01. The van der Waals surface area contributed by atoms with Crippen molar-refractivity contribution in [1.82, 2.24) is 14.9 Å². The molecular weight excluding hydrogens is 280 g/mol. The minimum Gasteiger partial charge on any atom is -0.497 e. The lowest BCUT2D eigenvalue weighted by molar-refractivity contribution is 0.252. The predicted molar refractivity (Wildman–Crippen MR) is 84.0 cm³/mol. The monoisotopic (exact) mass is 296 g/mol. The number of aromatic nitrogens is 2. The van der Waals surface area contributed by atoms with Crippen LogP contribution >= 0.6 is 0 Å². The summed E-state index contributed by atoms with van der Waals surface area (Å²) in [6.07, 6.45) is 3.62. The molecule has 3 rings (SSSR count). The smallest absolute Gasteiger partial charge is 0.319 e. The average Bonchev–Trinajstić information content (AvgIpc) is 2.97. The number of hydrogen-bond acceptors (Lipinski definition) is 3. The number of nitrogens with one attached hydrogen (secondary N) is 2. The summed E-state index contributed by atoms with van der Waals surface area (Å²) in [5, 5.41) is 9.82. The second-order valence-corrected chi connectivity index (χ2v) is 4.74. The summed E-state index contributed by atoms with van der Waals surface area (Å²) < 4.78 is 6.85. The van der Waals surface area contributed by atoms with E-state index in [1.165, 1.54) is 0 Å². The number of nitrogens with zero attached hydrogens (tertiary/aromatic N) is 2. The Hall–Kier alpha value is -3.02. The molecular formula is C16H16N4O2. The van der Waals surface area contributed by atoms with E-state index < -0.39 is 0 Å². The Bertz CT molecular complexity index is 780. The van der Waals surface area contributed by atoms with E-state index in [2.05, 4.69) is 15.7 Å². The summed E-state index contributed by atoms with van der Waals surface area (Å²) in [6.45, 7) is 0.412. The van der Waals surface area contributed by atoms with Crippen molar-refractivity contribution in [3.8, 4) is 5.75 Å². The number of hydrogen-bond donors (Lipinski definition) is 2. The molecule has 2 aromatic heterocycles. The van der Waals surface area contributed by atoms with E-state index >= 15 is 0 Å². The highest BCUT2D eigenvalue weighted by molar-refractivity contribution is 5.89. The molecule has 3 aromatic rings. The second kappa shape index (κ2) is 6.17. The summed E-state index contributed by atoms with van der Waals surface area (Å²) in [5.74, 6) is 0.748. The number of carbonyl (C=O) groups excluding carboxylic acids is 1. The van der Waals surface area contributed by atoms with Crippen molar-refractivity contribution in [3.05, 3.63) is 60.4 Å². The van der Waals surface area contributed by atoms with E-state index in [0.717, 1.165) is 16.8 Å². The van der Waals surface area contributed by atoms with Gasteiger partial charge in [-0.05, 0) is 36.4 Å². The van der Waals surface area contributed by atoms with Crippen molar-refractivity contribution in [2.24, 2.45) is 0 Å². The van der Waals surface area contributed by atoms with Crippen LogP contribution in [-0.2, 0) is 6.54 Å². The maximum Gasteiger partial charge on any atom is 0.319 e. The fraction of sp³-hybridized carbons (Fsp3) is 0.125. The van der Waals surface area contributed by atoms with Crippen molar-refractivity contribution >= 4 is 17.2 Å². The van der Waals surface area contributed by atoms with Crippen LogP contribution in [0.4, 0.5) is 10.5 Å². The molecule has 0 aliphatic carbocycles. The van der Waals surface area contributed by atoms with E-state index in [9.17, 15) is 4.79 Å². The molecule has 0 unspecified atom stereocenters. The Kier molecular flexibility index (Phi) is 3.91. The Labute approximate surface area is 127 Å². The number of amides is 2. The standard InChI is InChI=1S/C16H16N4O2/c1-22-14-7-5-13(6-8-14)19-16(21)17-10-12-11-18-20-9-3-2-4-15(12)20/h2-9,11H,10H2,1H3,(H2,17,19,21). The van der Waals surface area contributed by atoms with E-state index in [4.69, 9.17) is 4.74 Å². The van der Waals surface area contributed by atoms with Gasteiger partial charge < -0.3 is 15.4 Å². The van der Waals surface area contributed by atoms with Crippen molar-refractivity contribution in [1.29, 1.82) is 0 Å². The highest BCUT2D eigenvalue weighted by Crippen LogP contribution is 2.15. The molecule has 0 saturated carbocycles. The zero-order chi connectivity index (χ0) is 15.4. The SMILES string of the molecule is COc1ccc(NC(=O)NCc2cnn3ccccc23)cc1. The number of rotatable bonds is 4. The zero-order valence-corrected chi connectivity index (χ0v) is 12.1. The molecule has 0 bridgehead atoms. The van der Waals surface area contributed by atoms with E-state index in [1.807, 2.05) is 24.4 Å². The predicted octanol–water partition coefficient (Wildman–Crippen LogP) is 2.66. The van der Waals surface area contributed by atoms with Gasteiger partial charge in [-0.2, -0.15) is 5.10 Å². The lowest BCUT2D eigenvalue weighted by Crippen LogP contribution is -2.28. The van der Waals surface area contributed by atoms with Crippen LogP contribution in [0.2, 0.25) is 0 Å². The van der Waals surface area contributed by atoms with Crippen LogP contribution in [0.25, 0.3) is 5.52 Å². The van der Waals surface area contributed by atoms with Crippen LogP contribution in [0, 0.1) is 0 Å². The Morgan fingerprint density at radius 1 is 1.23 bits per heavy atom. The summed E-state index contributed by atoms with van der Waals surface area (Å²) in [6, 6.07) is 12.7. The van der Waals surface area contributed by atoms with Gasteiger partial charge in [0.2, 0.25) is 0 Å². The third-order valence-electron chi connectivity index (χ3n) is 3.29. The Morgan fingerprint density at radius 2 is 2.05 bits per heavy atom. The first-order valence-electron chi connectivity index (χ1n) is 6.86. The van der Waals surface area contributed by atoms with E-state index in [0.29, 0.717) is 12.2 Å². The maximum atomic E-state index is 11.9. The van der Waals surface area contributed by atoms with Gasteiger partial charge in [0.15, 0.2) is 0 Å². The lowest BCUT2D eigenvalue weighted by Gasteiger charge is -2.07. The number of benzene rings is 1. The average molecular weight is 296 g/mol. The molecule has 0 radical (unpaired) electrons. The van der Waals surface area contributed by atoms with Gasteiger partial charge in [-0.3, -0.25) is 0 Å². The fourth-order valence-electron chi connectivity index (χ4n) is 2.15. The maximum absolute atomic E-state index is 11.9. The van der Waals surface area contributed by atoms with Gasteiger partial charge >= 0.3 is 6.03 Å². The largest absolute Gasteiger partial charge is 0.497 e. The van der Waals surface area contributed by atoms with Crippen LogP contribution in [-0.4, -0.2) is 22.8 Å². The lowest BCUT2D eigenvalue weighted by atomic mass is 10.2. The number of pyridine rings is 1. The van der Waals surface area contributed by atoms with Crippen LogP contribution < -0.4 is 15.4 Å². The number of ether oxygens (including phenoxy) is 1. The molecule has 0 aliphatic rings. The van der Waals surface area contributed by atoms with Gasteiger partial charge in [-0.15, -0.1) is 0 Å². The molecule has 0 spiro atoms. The third-order valence-corrected chi connectivity index (χ3v) is 3.29. The molecule has 22 heavy (non-hydrogen) atoms. The Morgan fingerprint density at radius 3 is 2.82 bits per heavy atom. The first-order chi connectivity index (χ1) is 10.8. The van der Waals surface area contributed by atoms with Crippen molar-refractivity contribution in [3.63, 3.8) is 0 Å². The normalized spacial score (nSPS) is 10.4. The van der Waals surface area contributed by atoms with Crippen LogP contribution in [0.15, 0.2) is 54.9 Å². The second-order valence-electron chi connectivity index (χ2n) is 4.74. The number of urea groups is 1. The minimum absolute atomic E-state index is 0.263. The van der Waals surface area contributed by atoms with Gasteiger partial charge in [-0.25, -0.2) is 9.31 Å². The number of anilines is 1. The molecule has 2 heterocycles. The minimum atomic E-state index is -0.263. The zero-order valence-electron chi connectivity index (χ0n) is 12.1. The first-order valence-corrected chi connectivity index (χ1v) is 6.86. The molecule has 0 fully saturated rings. The topological polar surface area (TPSA) is 67.7 Å². The molecule has 112 valence electrons. The van der Waals surface area contributed by atoms with Gasteiger partial charge in [0.25, 0.3) is 0 Å². The molecule has 0 saturated heterocycles. The van der Waals surface area contributed by atoms with Gasteiger partial charge in [0, 0.05) is 24.0 Å². The van der Waals surface area contributed by atoms with Crippen LogP contribution in [0.5, 0.6) is 5.75 Å². The van der Waals surface area contributed by atoms with E-state index in [1.54, 1.807) is 42.1 Å². The molecule has 6 heteroatoms. The van der Waals surface area contributed by atoms with Crippen LogP contribution in [0.1, 0.15) is 5.56 Å². The van der Waals surface area contributed by atoms with Gasteiger partial charge in [0.05, 0.1) is 18.8 Å². The summed E-state index contributed by atoms with van der Waals surface area (Å²) in [5.41, 5.74) is 2.65. The number of fused-ring (bicyclic) bond motifs is 1. The van der Waals surface area contributed by atoms with Crippen molar-refractivity contribution in [2.75, 3.05) is 12.4 Å². The molecule has 0 aliphatic heterocycles. The number of methoxy groups -OCH3 is 1. The molecule has 6 nitrogen and oxygen atoms in total. The highest BCUT2D eigenvalue weighted by Gasteiger charge is 2.06.